The molecule has 0 spiro atoms. The number of anilines is 4. The van der Waals surface area contributed by atoms with Crippen LogP contribution in [0.3, 0.4) is 0 Å². The van der Waals surface area contributed by atoms with Gasteiger partial charge in [-0.1, -0.05) is 13.3 Å². The zero-order valence-corrected chi connectivity index (χ0v) is 18.4. The molecule has 2 aliphatic rings. The Balaban J connectivity index is 1.58. The van der Waals surface area contributed by atoms with Crippen LogP contribution in [0.1, 0.15) is 30.1 Å². The van der Waals surface area contributed by atoms with E-state index in [2.05, 4.69) is 20.6 Å². The summed E-state index contributed by atoms with van der Waals surface area (Å²) in [7, 11) is 0. The molecule has 0 saturated carbocycles. The molecule has 2 atom stereocenters. The van der Waals surface area contributed by atoms with Gasteiger partial charge in [0.25, 0.3) is 11.5 Å². The Labute approximate surface area is 193 Å². The van der Waals surface area contributed by atoms with Gasteiger partial charge in [0.15, 0.2) is 11.4 Å². The molecule has 3 heterocycles. The fraction of sp³-hybridized carbons (Fsp3) is 0.381. The number of amides is 1. The number of fused-ring (bicyclic) bond motifs is 3. The Morgan fingerprint density at radius 1 is 1.26 bits per heavy atom. The number of carbonyl (C=O) groups excluding carboxylic acids is 1. The molecule has 1 amide bonds. The van der Waals surface area contributed by atoms with E-state index in [1.807, 2.05) is 6.92 Å². The van der Waals surface area contributed by atoms with E-state index in [0.29, 0.717) is 18.5 Å². The lowest BCUT2D eigenvalue weighted by atomic mass is 9.96. The highest BCUT2D eigenvalue weighted by Crippen LogP contribution is 2.38. The molecule has 1 aromatic heterocycles. The van der Waals surface area contributed by atoms with E-state index in [1.165, 1.54) is 4.90 Å². The van der Waals surface area contributed by atoms with Gasteiger partial charge in [0.1, 0.15) is 11.7 Å². The molecule has 13 nitrogen and oxygen atoms in total. The third-order valence-corrected chi connectivity index (χ3v) is 6.09. The molecule has 0 aliphatic carbocycles. The van der Waals surface area contributed by atoms with Crippen LogP contribution >= 0.6 is 0 Å². The van der Waals surface area contributed by atoms with Gasteiger partial charge in [-0.05, 0) is 30.7 Å². The number of rotatable bonds is 7. The summed E-state index contributed by atoms with van der Waals surface area (Å²) in [5.41, 5.74) is 4.66. The van der Waals surface area contributed by atoms with Crippen LogP contribution in [0.15, 0.2) is 29.1 Å². The van der Waals surface area contributed by atoms with Crippen LogP contribution in [0.2, 0.25) is 0 Å². The van der Waals surface area contributed by atoms with Crippen LogP contribution < -0.4 is 31.7 Å². The first kappa shape index (κ1) is 22.9. The number of aliphatic carboxylic acids is 2. The Bertz CT molecular complexity index is 1200. The van der Waals surface area contributed by atoms with Gasteiger partial charge < -0.3 is 36.4 Å². The number of carboxylic acid groups (broad SMARTS) is 2. The zero-order valence-electron chi connectivity index (χ0n) is 18.4. The minimum atomic E-state index is -1.41. The summed E-state index contributed by atoms with van der Waals surface area (Å²) in [6.45, 7) is 2.01. The van der Waals surface area contributed by atoms with Crippen molar-refractivity contribution in [3.05, 3.63) is 40.2 Å². The lowest BCUT2D eigenvalue weighted by Gasteiger charge is -2.38. The van der Waals surface area contributed by atoms with Gasteiger partial charge in [0, 0.05) is 11.3 Å². The summed E-state index contributed by atoms with van der Waals surface area (Å²) >= 11 is 0. The van der Waals surface area contributed by atoms with Gasteiger partial charge in [0.2, 0.25) is 5.95 Å². The van der Waals surface area contributed by atoms with Crippen molar-refractivity contribution in [2.24, 2.45) is 0 Å². The third kappa shape index (κ3) is 3.84. The number of nitrogens with one attached hydrogen (secondary N) is 3. The maximum absolute atomic E-state index is 12.6. The number of nitrogens with zero attached hydrogens (tertiary/aromatic N) is 3. The quantitative estimate of drug-likeness (QED) is 0.315. The average molecular weight is 471 g/mol. The molecule has 1 saturated heterocycles. The van der Waals surface area contributed by atoms with Gasteiger partial charge in [-0.3, -0.25) is 14.6 Å². The normalized spacial score (nSPS) is 19.6. The van der Waals surface area contributed by atoms with Gasteiger partial charge in [0.05, 0.1) is 19.8 Å². The molecule has 180 valence electrons. The number of aromatic nitrogens is 2. The molecule has 34 heavy (non-hydrogen) atoms. The number of nitrogens with two attached hydrogens (primary N) is 1. The summed E-state index contributed by atoms with van der Waals surface area (Å²) in [4.78, 5) is 58.4. The highest BCUT2D eigenvalue weighted by molar-refractivity contribution is 5.97. The van der Waals surface area contributed by atoms with E-state index in [9.17, 15) is 29.4 Å². The topological polar surface area (TPSA) is 194 Å². The van der Waals surface area contributed by atoms with Crippen molar-refractivity contribution in [1.29, 1.82) is 0 Å². The first-order chi connectivity index (χ1) is 16.2. The van der Waals surface area contributed by atoms with E-state index in [0.717, 1.165) is 0 Å². The molecule has 2 aromatic rings. The van der Waals surface area contributed by atoms with Crippen LogP contribution in [0.4, 0.5) is 23.1 Å². The van der Waals surface area contributed by atoms with Crippen molar-refractivity contribution < 1.29 is 24.6 Å². The highest BCUT2D eigenvalue weighted by atomic mass is 16.4. The van der Waals surface area contributed by atoms with E-state index >= 15 is 0 Å². The Morgan fingerprint density at radius 2 is 1.97 bits per heavy atom. The minimum Gasteiger partial charge on any atom is -0.480 e. The summed E-state index contributed by atoms with van der Waals surface area (Å²) in [5.74, 6) is -2.57. The van der Waals surface area contributed by atoms with E-state index in [4.69, 9.17) is 5.73 Å². The number of carboxylic acids is 2. The van der Waals surface area contributed by atoms with Crippen LogP contribution in [0, 0.1) is 0 Å². The molecule has 2 unspecified atom stereocenters. The van der Waals surface area contributed by atoms with Crippen molar-refractivity contribution in [3.63, 3.8) is 0 Å². The van der Waals surface area contributed by atoms with Crippen molar-refractivity contribution in [2.75, 3.05) is 40.6 Å². The maximum atomic E-state index is 12.6. The second-order valence-electron chi connectivity index (χ2n) is 8.31. The summed E-state index contributed by atoms with van der Waals surface area (Å²) in [6, 6.07) is 5.41. The van der Waals surface area contributed by atoms with E-state index in [1.54, 1.807) is 29.2 Å². The van der Waals surface area contributed by atoms with Crippen LogP contribution in [-0.4, -0.2) is 69.4 Å². The molecule has 7 N–H and O–H groups in total. The number of H-pyrrole nitrogens is 1. The van der Waals surface area contributed by atoms with Gasteiger partial charge >= 0.3 is 11.9 Å². The smallest absolute Gasteiger partial charge is 0.333 e. The molecule has 0 bridgehead atoms. The number of aromatic amines is 1. The standard InChI is InChI=1S/C21H25N7O6/c1-2-3-13(18(31)32)24-16(29)11-4-6-12(7-5-11)27-9-21(19(33)34)8-23-15-14(28(21)10-27)17(30)26-20(22)25-15/h4-7,13H,2-3,8-10H2,1H3,(H,24,29)(H,31,32)(H,33,34)(H4,22,23,25,26,30). The van der Waals surface area contributed by atoms with Gasteiger partial charge in [-0.25, -0.2) is 9.59 Å². The monoisotopic (exact) mass is 471 g/mol. The number of nitrogen functional groups attached to an aromatic ring is 1. The molecule has 1 aromatic carbocycles. The number of carbonyl (C=O) groups is 3. The Hall–Kier alpha value is -4.29. The number of benzene rings is 1. The van der Waals surface area contributed by atoms with Gasteiger partial charge in [-0.15, -0.1) is 0 Å². The lowest BCUT2D eigenvalue weighted by molar-refractivity contribution is -0.142. The molecule has 1 fully saturated rings. The summed E-state index contributed by atoms with van der Waals surface area (Å²) < 4.78 is 0. The van der Waals surface area contributed by atoms with Gasteiger partial charge in [-0.2, -0.15) is 4.98 Å². The summed E-state index contributed by atoms with van der Waals surface area (Å²) in [6.07, 6.45) is 0.922. The fourth-order valence-corrected chi connectivity index (χ4v) is 4.32. The first-order valence-electron chi connectivity index (χ1n) is 10.7. The second kappa shape index (κ2) is 8.57. The number of hydrogen-bond donors (Lipinski definition) is 6. The molecular formula is C21H25N7O6. The van der Waals surface area contributed by atoms with E-state index in [-0.39, 0.29) is 42.8 Å². The second-order valence-corrected chi connectivity index (χ2v) is 8.31. The third-order valence-electron chi connectivity index (χ3n) is 6.09. The maximum Gasteiger partial charge on any atom is 0.333 e. The highest BCUT2D eigenvalue weighted by Gasteiger charge is 2.55. The zero-order chi connectivity index (χ0) is 24.6. The molecule has 0 radical (unpaired) electrons. The Morgan fingerprint density at radius 3 is 2.59 bits per heavy atom. The first-order valence-corrected chi connectivity index (χ1v) is 10.7. The van der Waals surface area contributed by atoms with Crippen LogP contribution in [0.5, 0.6) is 0 Å². The number of hydrogen-bond acceptors (Lipinski definition) is 9. The van der Waals surface area contributed by atoms with Crippen molar-refractivity contribution in [2.45, 2.75) is 31.3 Å². The van der Waals surface area contributed by atoms with Crippen molar-refractivity contribution >= 4 is 41.0 Å². The SMILES string of the molecule is CCCC(NC(=O)c1ccc(N2CN3c4c(nc(N)[nH]c4=O)NCC3(C(=O)O)C2)cc1)C(=O)O. The largest absolute Gasteiger partial charge is 0.480 e. The minimum absolute atomic E-state index is 0.0101. The van der Waals surface area contributed by atoms with Crippen molar-refractivity contribution in [1.82, 2.24) is 15.3 Å². The molecule has 4 rings (SSSR count). The molecule has 13 heteroatoms. The van der Waals surface area contributed by atoms with Crippen LogP contribution in [-0.2, 0) is 9.59 Å². The van der Waals surface area contributed by atoms with E-state index < -0.39 is 35.0 Å². The molecular weight excluding hydrogens is 446 g/mol. The molecule has 2 aliphatic heterocycles. The Kier molecular flexibility index (Phi) is 5.77. The lowest BCUT2D eigenvalue weighted by Crippen LogP contribution is -2.61. The summed E-state index contributed by atoms with van der Waals surface area (Å²) in [5, 5.41) is 24.7. The van der Waals surface area contributed by atoms with Crippen molar-refractivity contribution in [3.8, 4) is 0 Å². The predicted octanol–water partition coefficient (Wildman–Crippen LogP) is -0.132. The average Bonchev–Trinajstić information content (AvgIpc) is 3.19. The fourth-order valence-electron chi connectivity index (χ4n) is 4.32. The predicted molar refractivity (Wildman–Crippen MR) is 123 cm³/mol. The van der Waals surface area contributed by atoms with Crippen LogP contribution in [0.25, 0.3) is 0 Å².